The third-order valence-electron chi connectivity index (χ3n) is 1.84. The van der Waals surface area contributed by atoms with Crippen LogP contribution >= 0.6 is 0 Å². The molecule has 0 fully saturated rings. The molecule has 0 aliphatic carbocycles. The van der Waals surface area contributed by atoms with Crippen LogP contribution in [0.15, 0.2) is 6.07 Å². The Morgan fingerprint density at radius 3 is 2.43 bits per heavy atom. The van der Waals surface area contributed by atoms with E-state index in [9.17, 15) is 0 Å². The van der Waals surface area contributed by atoms with E-state index in [1.54, 1.807) is 13.2 Å². The number of nitrogens with zero attached hydrogens (tertiary/aromatic N) is 2. The first-order valence-corrected chi connectivity index (χ1v) is 4.60. The molecule has 0 unspecified atom stereocenters. The van der Waals surface area contributed by atoms with Crippen molar-refractivity contribution < 1.29 is 4.74 Å². The lowest BCUT2D eigenvalue weighted by Gasteiger charge is -2.17. The van der Waals surface area contributed by atoms with E-state index < -0.39 is 0 Å². The highest BCUT2D eigenvalue weighted by Crippen LogP contribution is 2.20. The van der Waals surface area contributed by atoms with Crippen LogP contribution in [0.3, 0.4) is 0 Å². The molecular formula is C10H17N3O. The van der Waals surface area contributed by atoms with Crippen LogP contribution in [-0.2, 0) is 12.0 Å². The van der Waals surface area contributed by atoms with E-state index >= 15 is 0 Å². The molecule has 0 bridgehead atoms. The average Bonchev–Trinajstić information content (AvgIpc) is 2.15. The Labute approximate surface area is 84.5 Å². The minimum Gasteiger partial charge on any atom is -0.481 e. The van der Waals surface area contributed by atoms with Gasteiger partial charge in [-0.25, -0.2) is 4.98 Å². The van der Waals surface area contributed by atoms with Gasteiger partial charge in [0, 0.05) is 18.0 Å². The highest BCUT2D eigenvalue weighted by molar-refractivity contribution is 5.19. The van der Waals surface area contributed by atoms with Crippen molar-refractivity contribution >= 4 is 0 Å². The summed E-state index contributed by atoms with van der Waals surface area (Å²) in [5.41, 5.74) is 6.26. The van der Waals surface area contributed by atoms with Crippen molar-refractivity contribution in [1.82, 2.24) is 9.97 Å². The van der Waals surface area contributed by atoms with Crippen LogP contribution < -0.4 is 10.5 Å². The Kier molecular flexibility index (Phi) is 3.06. The van der Waals surface area contributed by atoms with Gasteiger partial charge >= 0.3 is 0 Å². The highest BCUT2D eigenvalue weighted by atomic mass is 16.5. The summed E-state index contributed by atoms with van der Waals surface area (Å²) in [5.74, 6) is 1.34. The first-order chi connectivity index (χ1) is 6.47. The summed E-state index contributed by atoms with van der Waals surface area (Å²) in [6.07, 6.45) is 0. The second-order valence-corrected chi connectivity index (χ2v) is 4.18. The van der Waals surface area contributed by atoms with Gasteiger partial charge in [-0.05, 0) is 0 Å². The minimum absolute atomic E-state index is 0.0849. The van der Waals surface area contributed by atoms with Gasteiger partial charge in [-0.2, -0.15) is 4.98 Å². The summed E-state index contributed by atoms with van der Waals surface area (Å²) in [6, 6.07) is 1.76. The standard InChI is InChI=1S/C10H17N3O/c1-10(2,3)9-12-7(6-11)5-8(13-9)14-4/h5H,6,11H2,1-4H3. The van der Waals surface area contributed by atoms with Crippen LogP contribution in [0.1, 0.15) is 32.3 Å². The van der Waals surface area contributed by atoms with Gasteiger partial charge in [0.15, 0.2) is 0 Å². The molecule has 0 saturated carbocycles. The normalized spacial score (nSPS) is 11.5. The lowest BCUT2D eigenvalue weighted by molar-refractivity contribution is 0.387. The summed E-state index contributed by atoms with van der Waals surface area (Å²) in [7, 11) is 1.59. The number of nitrogens with two attached hydrogens (primary N) is 1. The molecule has 78 valence electrons. The molecule has 1 aromatic heterocycles. The largest absolute Gasteiger partial charge is 0.481 e. The van der Waals surface area contributed by atoms with E-state index in [-0.39, 0.29) is 5.41 Å². The van der Waals surface area contributed by atoms with E-state index in [2.05, 4.69) is 30.7 Å². The minimum atomic E-state index is -0.0849. The van der Waals surface area contributed by atoms with Crippen LogP contribution in [0.4, 0.5) is 0 Å². The smallest absolute Gasteiger partial charge is 0.216 e. The number of aromatic nitrogens is 2. The van der Waals surface area contributed by atoms with Gasteiger partial charge in [0.1, 0.15) is 5.82 Å². The molecule has 14 heavy (non-hydrogen) atoms. The summed E-state index contributed by atoms with van der Waals surface area (Å²) in [6.45, 7) is 6.58. The van der Waals surface area contributed by atoms with Gasteiger partial charge in [0.2, 0.25) is 5.88 Å². The van der Waals surface area contributed by atoms with Crippen molar-refractivity contribution in [3.63, 3.8) is 0 Å². The fraction of sp³-hybridized carbons (Fsp3) is 0.600. The Morgan fingerprint density at radius 1 is 1.36 bits per heavy atom. The average molecular weight is 195 g/mol. The summed E-state index contributed by atoms with van der Waals surface area (Å²) in [5, 5.41) is 0. The van der Waals surface area contributed by atoms with Gasteiger partial charge in [0.05, 0.1) is 12.8 Å². The zero-order valence-electron chi connectivity index (χ0n) is 9.16. The highest BCUT2D eigenvalue weighted by Gasteiger charge is 2.18. The fourth-order valence-corrected chi connectivity index (χ4v) is 1.02. The first-order valence-electron chi connectivity index (χ1n) is 4.60. The van der Waals surface area contributed by atoms with Gasteiger partial charge < -0.3 is 10.5 Å². The maximum atomic E-state index is 5.54. The molecule has 0 aliphatic rings. The lowest BCUT2D eigenvalue weighted by atomic mass is 9.95. The molecule has 1 aromatic rings. The van der Waals surface area contributed by atoms with Gasteiger partial charge in [-0.1, -0.05) is 20.8 Å². The Bertz CT molecular complexity index is 295. The maximum absolute atomic E-state index is 5.54. The fourth-order valence-electron chi connectivity index (χ4n) is 1.02. The lowest BCUT2D eigenvalue weighted by Crippen LogP contribution is -2.18. The molecule has 0 saturated heterocycles. The number of methoxy groups -OCH3 is 1. The quantitative estimate of drug-likeness (QED) is 0.771. The van der Waals surface area contributed by atoms with Gasteiger partial charge in [-0.15, -0.1) is 0 Å². The number of ether oxygens (including phenoxy) is 1. The molecule has 0 spiro atoms. The van der Waals surface area contributed by atoms with E-state index in [1.165, 1.54) is 0 Å². The molecular weight excluding hydrogens is 178 g/mol. The van der Waals surface area contributed by atoms with Crippen LogP contribution in [0.2, 0.25) is 0 Å². The predicted octanol–water partition coefficient (Wildman–Crippen LogP) is 1.24. The van der Waals surface area contributed by atoms with E-state index in [4.69, 9.17) is 10.5 Å². The van der Waals surface area contributed by atoms with Crippen LogP contribution in [0.5, 0.6) is 5.88 Å². The zero-order valence-corrected chi connectivity index (χ0v) is 9.16. The SMILES string of the molecule is COc1cc(CN)nc(C(C)(C)C)n1. The van der Waals surface area contributed by atoms with E-state index in [0.29, 0.717) is 12.4 Å². The second kappa shape index (κ2) is 3.92. The third-order valence-corrected chi connectivity index (χ3v) is 1.84. The van der Waals surface area contributed by atoms with Crippen LogP contribution in [0.25, 0.3) is 0 Å². The van der Waals surface area contributed by atoms with Crippen molar-refractivity contribution in [2.24, 2.45) is 5.73 Å². The molecule has 2 N–H and O–H groups in total. The summed E-state index contributed by atoms with van der Waals surface area (Å²) < 4.78 is 5.09. The van der Waals surface area contributed by atoms with Crippen LogP contribution in [-0.4, -0.2) is 17.1 Å². The van der Waals surface area contributed by atoms with Crippen molar-refractivity contribution in [3.05, 3.63) is 17.6 Å². The van der Waals surface area contributed by atoms with Crippen LogP contribution in [0, 0.1) is 0 Å². The molecule has 4 nitrogen and oxygen atoms in total. The summed E-state index contributed by atoms with van der Waals surface area (Å²) in [4.78, 5) is 8.64. The topological polar surface area (TPSA) is 61.0 Å². The Balaban J connectivity index is 3.17. The van der Waals surface area contributed by atoms with Crippen molar-refractivity contribution in [2.75, 3.05) is 7.11 Å². The molecule has 1 heterocycles. The number of hydrogen-bond donors (Lipinski definition) is 1. The number of rotatable bonds is 2. The monoisotopic (exact) mass is 195 g/mol. The molecule has 4 heteroatoms. The van der Waals surface area contributed by atoms with Crippen molar-refractivity contribution in [1.29, 1.82) is 0 Å². The molecule has 0 aromatic carbocycles. The van der Waals surface area contributed by atoms with E-state index in [0.717, 1.165) is 11.5 Å². The van der Waals surface area contributed by atoms with Crippen molar-refractivity contribution in [2.45, 2.75) is 32.7 Å². The Morgan fingerprint density at radius 2 is 2.00 bits per heavy atom. The van der Waals surface area contributed by atoms with Crippen molar-refractivity contribution in [3.8, 4) is 5.88 Å². The molecule has 0 aliphatic heterocycles. The molecule has 1 rings (SSSR count). The molecule has 0 amide bonds. The maximum Gasteiger partial charge on any atom is 0.216 e. The first kappa shape index (κ1) is 10.9. The third kappa shape index (κ3) is 2.42. The van der Waals surface area contributed by atoms with Gasteiger partial charge in [0.25, 0.3) is 0 Å². The molecule has 0 radical (unpaired) electrons. The second-order valence-electron chi connectivity index (χ2n) is 4.18. The molecule has 0 atom stereocenters. The summed E-state index contributed by atoms with van der Waals surface area (Å²) >= 11 is 0. The zero-order chi connectivity index (χ0) is 10.8. The van der Waals surface area contributed by atoms with Gasteiger partial charge in [-0.3, -0.25) is 0 Å². The number of hydrogen-bond acceptors (Lipinski definition) is 4. The Hall–Kier alpha value is -1.16. The predicted molar refractivity (Wildman–Crippen MR) is 55.2 cm³/mol. The van der Waals surface area contributed by atoms with E-state index in [1.807, 2.05) is 0 Å².